The van der Waals surface area contributed by atoms with Crippen LogP contribution in [0.15, 0.2) is 60.8 Å². The molecule has 2 saturated heterocycles. The second-order valence-electron chi connectivity index (χ2n) is 8.07. The van der Waals surface area contributed by atoms with Crippen LogP contribution in [0.3, 0.4) is 0 Å². The van der Waals surface area contributed by atoms with Gasteiger partial charge >= 0.3 is 6.09 Å². The second kappa shape index (κ2) is 9.77. The van der Waals surface area contributed by atoms with Crippen LogP contribution in [0.1, 0.15) is 11.1 Å². The Morgan fingerprint density at radius 2 is 1.77 bits per heavy atom. The van der Waals surface area contributed by atoms with Gasteiger partial charge in [-0.3, -0.25) is 5.32 Å². The van der Waals surface area contributed by atoms with Crippen LogP contribution in [-0.4, -0.2) is 53.6 Å². The number of ether oxygens (including phenoxy) is 3. The number of hydrogen-bond donors (Lipinski definition) is 2. The summed E-state index contributed by atoms with van der Waals surface area (Å²) in [5.74, 6) is 0.405. The van der Waals surface area contributed by atoms with Crippen molar-refractivity contribution in [3.8, 4) is 23.4 Å². The van der Waals surface area contributed by atoms with E-state index in [4.69, 9.17) is 24.7 Å². The number of nitriles is 2. The van der Waals surface area contributed by atoms with Crippen molar-refractivity contribution >= 4 is 17.7 Å². The molecule has 2 fully saturated rings. The molecule has 35 heavy (non-hydrogen) atoms. The molecule has 4 unspecified atom stereocenters. The van der Waals surface area contributed by atoms with Crippen LogP contribution in [0.2, 0.25) is 0 Å². The van der Waals surface area contributed by atoms with Gasteiger partial charge in [0.2, 0.25) is 5.95 Å². The lowest BCUT2D eigenvalue weighted by molar-refractivity contribution is 0.00917. The average molecular weight is 468 g/mol. The summed E-state index contributed by atoms with van der Waals surface area (Å²) in [4.78, 5) is 21.2. The maximum absolute atomic E-state index is 12.4. The molecule has 1 amide bonds. The number of anilines is 2. The van der Waals surface area contributed by atoms with Crippen LogP contribution in [0.25, 0.3) is 11.3 Å². The van der Waals surface area contributed by atoms with E-state index in [0.29, 0.717) is 35.1 Å². The maximum atomic E-state index is 12.4. The monoisotopic (exact) mass is 468 g/mol. The molecule has 0 spiro atoms. The lowest BCUT2D eigenvalue weighted by Crippen LogP contribution is -2.38. The summed E-state index contributed by atoms with van der Waals surface area (Å²) in [6.07, 6.45) is -0.357. The Bertz CT molecular complexity index is 1330. The zero-order valence-corrected chi connectivity index (χ0v) is 18.4. The Hall–Kier alpha value is -4.51. The van der Waals surface area contributed by atoms with Crippen LogP contribution in [0.5, 0.6) is 0 Å². The summed E-state index contributed by atoms with van der Waals surface area (Å²) in [6.45, 7) is 0.527. The topological polar surface area (TPSA) is 142 Å². The number of hydrogen-bond acceptors (Lipinski definition) is 9. The van der Waals surface area contributed by atoms with E-state index in [2.05, 4.69) is 26.7 Å². The largest absolute Gasteiger partial charge is 0.441 e. The number of amides is 1. The molecule has 0 aliphatic carbocycles. The number of carbonyl (C=O) groups excluding carboxylic acids is 1. The van der Waals surface area contributed by atoms with Gasteiger partial charge in [-0.05, 0) is 36.4 Å². The summed E-state index contributed by atoms with van der Waals surface area (Å²) in [6, 6.07) is 19.4. The van der Waals surface area contributed by atoms with E-state index in [0.717, 1.165) is 5.56 Å². The molecule has 1 aromatic heterocycles. The van der Waals surface area contributed by atoms with Gasteiger partial charge in [0, 0.05) is 17.4 Å². The Morgan fingerprint density at radius 3 is 2.60 bits per heavy atom. The highest BCUT2D eigenvalue weighted by molar-refractivity contribution is 5.85. The van der Waals surface area contributed by atoms with E-state index in [1.54, 1.807) is 54.7 Å². The van der Waals surface area contributed by atoms with Crippen LogP contribution in [-0.2, 0) is 14.2 Å². The van der Waals surface area contributed by atoms with Crippen molar-refractivity contribution in [3.05, 3.63) is 71.9 Å². The summed E-state index contributed by atoms with van der Waals surface area (Å²) >= 11 is 0. The Kier molecular flexibility index (Phi) is 6.22. The molecule has 10 heteroatoms. The van der Waals surface area contributed by atoms with Gasteiger partial charge in [-0.15, -0.1) is 0 Å². The summed E-state index contributed by atoms with van der Waals surface area (Å²) < 4.78 is 17.3. The zero-order valence-electron chi connectivity index (χ0n) is 18.4. The van der Waals surface area contributed by atoms with Gasteiger partial charge in [-0.2, -0.15) is 10.5 Å². The first kappa shape index (κ1) is 22.3. The molecular weight excluding hydrogens is 448 g/mol. The molecule has 3 aromatic rings. The van der Waals surface area contributed by atoms with Gasteiger partial charge in [-0.1, -0.05) is 18.2 Å². The van der Waals surface area contributed by atoms with Crippen molar-refractivity contribution < 1.29 is 19.0 Å². The predicted octanol–water partition coefficient (Wildman–Crippen LogP) is 3.08. The van der Waals surface area contributed by atoms with E-state index in [-0.39, 0.29) is 18.8 Å². The molecule has 2 aliphatic rings. The lowest BCUT2D eigenvalue weighted by Gasteiger charge is -2.18. The fourth-order valence-corrected chi connectivity index (χ4v) is 4.14. The minimum atomic E-state index is -0.648. The standard InChI is InChI=1S/C25H20N6O4/c26-11-15-3-1-5-17(9-15)19-7-8-28-24(30-19)31-20-13-33-23-21(14-34-22(20)23)35-25(32)29-18-6-2-4-16(10-18)12-27/h1-10,20-23H,13-14H2,(H,29,32)(H,28,30,31). The first-order chi connectivity index (χ1) is 17.1. The summed E-state index contributed by atoms with van der Waals surface area (Å²) in [5.41, 5.74) is 2.94. The molecule has 0 saturated carbocycles. The van der Waals surface area contributed by atoms with Crippen molar-refractivity contribution in [1.82, 2.24) is 9.97 Å². The zero-order chi connectivity index (χ0) is 24.2. The van der Waals surface area contributed by atoms with Crippen molar-refractivity contribution in [3.63, 3.8) is 0 Å². The van der Waals surface area contributed by atoms with Gasteiger partial charge in [-0.25, -0.2) is 14.8 Å². The third kappa shape index (κ3) is 4.89. The Balaban J connectivity index is 1.20. The normalized spacial score (nSPS) is 22.5. The highest BCUT2D eigenvalue weighted by Crippen LogP contribution is 2.31. The summed E-state index contributed by atoms with van der Waals surface area (Å²) in [7, 11) is 0. The van der Waals surface area contributed by atoms with Gasteiger partial charge in [0.1, 0.15) is 12.2 Å². The Labute approximate surface area is 201 Å². The SMILES string of the molecule is N#Cc1cccc(NC(=O)OC2COC3C(Nc4nccc(-c5cccc(C#N)c5)n4)COC23)c1. The van der Waals surface area contributed by atoms with Crippen molar-refractivity contribution in [2.75, 3.05) is 23.8 Å². The third-order valence-corrected chi connectivity index (χ3v) is 5.76. The number of rotatable bonds is 5. The number of nitrogens with one attached hydrogen (secondary N) is 2. The number of nitrogens with zero attached hydrogens (tertiary/aromatic N) is 4. The third-order valence-electron chi connectivity index (χ3n) is 5.76. The number of aromatic nitrogens is 2. The molecule has 174 valence electrons. The van der Waals surface area contributed by atoms with Gasteiger partial charge < -0.3 is 19.5 Å². The first-order valence-corrected chi connectivity index (χ1v) is 10.9. The summed E-state index contributed by atoms with van der Waals surface area (Å²) in [5, 5.41) is 24.0. The minimum absolute atomic E-state index is 0.195. The fourth-order valence-electron chi connectivity index (χ4n) is 4.14. The van der Waals surface area contributed by atoms with Crippen LogP contribution in [0.4, 0.5) is 16.4 Å². The number of carbonyl (C=O) groups is 1. The van der Waals surface area contributed by atoms with E-state index in [9.17, 15) is 4.79 Å². The van der Waals surface area contributed by atoms with E-state index in [1.165, 1.54) is 0 Å². The second-order valence-corrected chi connectivity index (χ2v) is 8.07. The minimum Gasteiger partial charge on any atom is -0.441 e. The molecule has 5 rings (SSSR count). The molecule has 2 N–H and O–H groups in total. The Morgan fingerprint density at radius 1 is 1.00 bits per heavy atom. The van der Waals surface area contributed by atoms with E-state index >= 15 is 0 Å². The quantitative estimate of drug-likeness (QED) is 0.577. The highest BCUT2D eigenvalue weighted by atomic mass is 16.6. The fraction of sp³-hybridized carbons (Fsp3) is 0.240. The van der Waals surface area contributed by atoms with Gasteiger partial charge in [0.25, 0.3) is 0 Å². The molecule has 2 aromatic carbocycles. The molecular formula is C25H20N6O4. The smallest absolute Gasteiger partial charge is 0.412 e. The number of fused-ring (bicyclic) bond motifs is 1. The molecule has 2 aliphatic heterocycles. The van der Waals surface area contributed by atoms with Crippen LogP contribution in [0, 0.1) is 22.7 Å². The number of benzene rings is 2. The van der Waals surface area contributed by atoms with Crippen molar-refractivity contribution in [2.45, 2.75) is 24.4 Å². The molecule has 3 heterocycles. The molecule has 0 bridgehead atoms. The first-order valence-electron chi connectivity index (χ1n) is 10.9. The molecule has 4 atom stereocenters. The predicted molar refractivity (Wildman–Crippen MR) is 124 cm³/mol. The van der Waals surface area contributed by atoms with E-state index in [1.807, 2.05) is 12.1 Å². The molecule has 0 radical (unpaired) electrons. The van der Waals surface area contributed by atoms with Gasteiger partial charge in [0.05, 0.1) is 48.2 Å². The molecule has 10 nitrogen and oxygen atoms in total. The van der Waals surface area contributed by atoms with Crippen LogP contribution >= 0.6 is 0 Å². The lowest BCUT2D eigenvalue weighted by atomic mass is 10.1. The van der Waals surface area contributed by atoms with Crippen molar-refractivity contribution in [1.29, 1.82) is 10.5 Å². The maximum Gasteiger partial charge on any atom is 0.412 e. The van der Waals surface area contributed by atoms with Crippen molar-refractivity contribution in [2.24, 2.45) is 0 Å². The van der Waals surface area contributed by atoms with E-state index < -0.39 is 18.3 Å². The average Bonchev–Trinajstić information content (AvgIpc) is 3.47. The van der Waals surface area contributed by atoms with Gasteiger partial charge in [0.15, 0.2) is 6.10 Å². The highest BCUT2D eigenvalue weighted by Gasteiger charge is 2.49. The van der Waals surface area contributed by atoms with Crippen LogP contribution < -0.4 is 10.6 Å².